The number of carbonyl (C=O) groups excluding carboxylic acids is 2. The van der Waals surface area contributed by atoms with Gasteiger partial charge in [0.05, 0.1) is 12.9 Å². The maximum absolute atomic E-state index is 12.2. The van der Waals surface area contributed by atoms with Crippen LogP contribution >= 0.6 is 11.8 Å². The summed E-state index contributed by atoms with van der Waals surface area (Å²) in [5.74, 6) is 2.08. The van der Waals surface area contributed by atoms with E-state index >= 15 is 0 Å². The molecule has 2 aromatic carbocycles. The van der Waals surface area contributed by atoms with Gasteiger partial charge in [-0.3, -0.25) is 9.59 Å². The molecule has 5 nitrogen and oxygen atoms in total. The number of hydrogen-bond donors (Lipinski definition) is 2. The molecule has 0 atom stereocenters. The number of rotatable bonds is 11. The van der Waals surface area contributed by atoms with Gasteiger partial charge in [-0.05, 0) is 68.2 Å². The lowest BCUT2D eigenvalue weighted by Crippen LogP contribution is -2.27. The minimum absolute atomic E-state index is 0.0228. The molecular weight excluding hydrogens is 396 g/mol. The third kappa shape index (κ3) is 8.11. The number of hydrogen-bond acceptors (Lipinski definition) is 4. The predicted octanol–water partition coefficient (Wildman–Crippen LogP) is 4.43. The summed E-state index contributed by atoms with van der Waals surface area (Å²) in [6.45, 7) is 6.69. The molecule has 6 heteroatoms. The lowest BCUT2D eigenvalue weighted by atomic mass is 10.0. The van der Waals surface area contributed by atoms with Gasteiger partial charge in [0, 0.05) is 18.7 Å². The highest BCUT2D eigenvalue weighted by Gasteiger charge is 2.08. The normalized spacial score (nSPS) is 10.5. The van der Waals surface area contributed by atoms with Gasteiger partial charge in [-0.1, -0.05) is 29.8 Å². The van der Waals surface area contributed by atoms with E-state index in [1.807, 2.05) is 38.1 Å². The molecule has 0 radical (unpaired) electrons. The zero-order valence-electron chi connectivity index (χ0n) is 18.3. The minimum Gasteiger partial charge on any atom is -0.497 e. The Morgan fingerprint density at radius 3 is 2.30 bits per heavy atom. The van der Waals surface area contributed by atoms with Crippen LogP contribution in [0.15, 0.2) is 36.4 Å². The molecule has 30 heavy (non-hydrogen) atoms. The van der Waals surface area contributed by atoms with Crippen molar-refractivity contribution in [1.29, 1.82) is 0 Å². The van der Waals surface area contributed by atoms with Crippen LogP contribution in [0, 0.1) is 20.8 Å². The second kappa shape index (κ2) is 12.3. The molecule has 2 N–H and O–H groups in total. The van der Waals surface area contributed by atoms with E-state index in [1.54, 1.807) is 18.9 Å². The number of ether oxygens (including phenoxy) is 1. The third-order valence-electron chi connectivity index (χ3n) is 4.76. The maximum atomic E-state index is 12.2. The number of nitrogens with one attached hydrogen (secondary N) is 2. The number of amides is 2. The number of benzene rings is 2. The summed E-state index contributed by atoms with van der Waals surface area (Å²) in [6, 6.07) is 12.0. The molecule has 0 unspecified atom stereocenters. The summed E-state index contributed by atoms with van der Waals surface area (Å²) in [7, 11) is 1.64. The second-order valence-electron chi connectivity index (χ2n) is 7.43. The van der Waals surface area contributed by atoms with Crippen LogP contribution < -0.4 is 15.4 Å². The summed E-state index contributed by atoms with van der Waals surface area (Å²) < 4.78 is 5.14. The number of methoxy groups -OCH3 is 1. The van der Waals surface area contributed by atoms with Gasteiger partial charge in [-0.25, -0.2) is 0 Å². The number of thioether (sulfide) groups is 1. The number of aryl methyl sites for hydroxylation is 3. The van der Waals surface area contributed by atoms with Crippen molar-refractivity contribution >= 4 is 29.3 Å². The first-order valence-corrected chi connectivity index (χ1v) is 11.4. The average Bonchev–Trinajstić information content (AvgIpc) is 2.71. The summed E-state index contributed by atoms with van der Waals surface area (Å²) >= 11 is 1.56. The Hall–Kier alpha value is -2.47. The monoisotopic (exact) mass is 428 g/mol. The molecule has 0 spiro atoms. The Balaban J connectivity index is 1.57. The van der Waals surface area contributed by atoms with E-state index in [-0.39, 0.29) is 11.8 Å². The maximum Gasteiger partial charge on any atom is 0.230 e. The van der Waals surface area contributed by atoms with Gasteiger partial charge in [-0.15, -0.1) is 0 Å². The lowest BCUT2D eigenvalue weighted by Gasteiger charge is -2.12. The second-order valence-corrected chi connectivity index (χ2v) is 8.53. The first kappa shape index (κ1) is 23.8. The van der Waals surface area contributed by atoms with Gasteiger partial charge in [-0.2, -0.15) is 11.8 Å². The Labute approximate surface area is 184 Å². The highest BCUT2D eigenvalue weighted by atomic mass is 32.2. The molecule has 0 fully saturated rings. The van der Waals surface area contributed by atoms with Crippen molar-refractivity contribution in [2.45, 2.75) is 40.0 Å². The molecule has 0 saturated carbocycles. The topological polar surface area (TPSA) is 67.4 Å². The molecule has 0 bridgehead atoms. The summed E-state index contributed by atoms with van der Waals surface area (Å²) in [6.07, 6.45) is 2.00. The van der Waals surface area contributed by atoms with Crippen molar-refractivity contribution in [3.8, 4) is 5.75 Å². The molecule has 0 aliphatic carbocycles. The molecule has 162 valence electrons. The van der Waals surface area contributed by atoms with E-state index in [2.05, 4.69) is 29.7 Å². The molecule has 2 aromatic rings. The summed E-state index contributed by atoms with van der Waals surface area (Å²) in [5, 5.41) is 5.96. The van der Waals surface area contributed by atoms with Crippen LogP contribution in [0.25, 0.3) is 0 Å². The van der Waals surface area contributed by atoms with Crippen molar-refractivity contribution in [1.82, 2.24) is 5.32 Å². The fraction of sp³-hybridized carbons (Fsp3) is 0.417. The quantitative estimate of drug-likeness (QED) is 0.520. The first-order chi connectivity index (χ1) is 14.4. The van der Waals surface area contributed by atoms with Crippen LogP contribution in [0.3, 0.4) is 0 Å². The fourth-order valence-corrected chi connectivity index (χ4v) is 4.05. The Kier molecular flexibility index (Phi) is 9.74. The summed E-state index contributed by atoms with van der Waals surface area (Å²) in [5.41, 5.74) is 5.44. The van der Waals surface area contributed by atoms with Crippen molar-refractivity contribution in [2.75, 3.05) is 30.5 Å². The van der Waals surface area contributed by atoms with Gasteiger partial charge in [0.2, 0.25) is 11.8 Å². The van der Waals surface area contributed by atoms with Crippen molar-refractivity contribution in [2.24, 2.45) is 0 Å². The zero-order chi connectivity index (χ0) is 21.9. The van der Waals surface area contributed by atoms with Crippen LogP contribution in [-0.2, 0) is 16.0 Å². The standard InChI is InChI=1S/C24H32N2O3S/c1-17-14-18(2)24(19(3)15-17)26-22(27)6-5-13-30-16-23(28)25-12-11-20-7-9-21(29-4)10-8-20/h7-10,14-15H,5-6,11-13,16H2,1-4H3,(H,25,28)(H,26,27). The predicted molar refractivity (Wildman–Crippen MR) is 126 cm³/mol. The summed E-state index contributed by atoms with van der Waals surface area (Å²) in [4.78, 5) is 24.2. The first-order valence-electron chi connectivity index (χ1n) is 10.2. The van der Waals surface area contributed by atoms with E-state index in [1.165, 1.54) is 5.56 Å². The van der Waals surface area contributed by atoms with Crippen molar-refractivity contribution < 1.29 is 14.3 Å². The van der Waals surface area contributed by atoms with Crippen LogP contribution in [0.1, 0.15) is 35.1 Å². The molecule has 0 aliphatic rings. The minimum atomic E-state index is 0.0228. The Morgan fingerprint density at radius 1 is 1.00 bits per heavy atom. The highest BCUT2D eigenvalue weighted by molar-refractivity contribution is 7.99. The fourth-order valence-electron chi connectivity index (χ4n) is 3.27. The van der Waals surface area contributed by atoms with Gasteiger partial charge in [0.15, 0.2) is 0 Å². The van der Waals surface area contributed by atoms with Crippen molar-refractivity contribution in [3.63, 3.8) is 0 Å². The van der Waals surface area contributed by atoms with E-state index < -0.39 is 0 Å². The third-order valence-corrected chi connectivity index (χ3v) is 5.81. The molecule has 0 saturated heterocycles. The van der Waals surface area contributed by atoms with Crippen LogP contribution in [0.2, 0.25) is 0 Å². The van der Waals surface area contributed by atoms with Gasteiger partial charge < -0.3 is 15.4 Å². The van der Waals surface area contributed by atoms with E-state index in [0.29, 0.717) is 18.7 Å². The van der Waals surface area contributed by atoms with Crippen LogP contribution in [0.5, 0.6) is 5.75 Å². The van der Waals surface area contributed by atoms with E-state index in [0.717, 1.165) is 46.7 Å². The molecule has 0 heterocycles. The number of carbonyl (C=O) groups is 2. The Morgan fingerprint density at radius 2 is 1.67 bits per heavy atom. The Bertz CT molecular complexity index is 827. The van der Waals surface area contributed by atoms with Gasteiger partial charge >= 0.3 is 0 Å². The SMILES string of the molecule is COc1ccc(CCNC(=O)CSCCCC(=O)Nc2c(C)cc(C)cc2C)cc1. The smallest absolute Gasteiger partial charge is 0.230 e. The van der Waals surface area contributed by atoms with Crippen LogP contribution in [-0.4, -0.2) is 37.0 Å². The van der Waals surface area contributed by atoms with E-state index in [4.69, 9.17) is 4.74 Å². The average molecular weight is 429 g/mol. The number of anilines is 1. The molecule has 0 aromatic heterocycles. The van der Waals surface area contributed by atoms with Gasteiger partial charge in [0.1, 0.15) is 5.75 Å². The van der Waals surface area contributed by atoms with Crippen molar-refractivity contribution in [3.05, 3.63) is 58.7 Å². The lowest BCUT2D eigenvalue weighted by molar-refractivity contribution is -0.118. The largest absolute Gasteiger partial charge is 0.497 e. The molecule has 2 amide bonds. The molecule has 0 aliphatic heterocycles. The zero-order valence-corrected chi connectivity index (χ0v) is 19.2. The highest BCUT2D eigenvalue weighted by Crippen LogP contribution is 2.22. The van der Waals surface area contributed by atoms with Gasteiger partial charge in [0.25, 0.3) is 0 Å². The molecule has 2 rings (SSSR count). The van der Waals surface area contributed by atoms with Crippen LogP contribution in [0.4, 0.5) is 5.69 Å². The molecular formula is C24H32N2O3S. The van der Waals surface area contributed by atoms with E-state index in [9.17, 15) is 9.59 Å².